The molecule has 1 atom stereocenters. The lowest BCUT2D eigenvalue weighted by atomic mass is 10.0. The van der Waals surface area contributed by atoms with Crippen LogP contribution < -0.4 is 15.4 Å². The van der Waals surface area contributed by atoms with Crippen molar-refractivity contribution in [2.45, 2.75) is 32.7 Å². The van der Waals surface area contributed by atoms with Crippen molar-refractivity contribution in [3.05, 3.63) is 29.8 Å². The fourth-order valence-corrected chi connectivity index (χ4v) is 2.76. The first-order valence-corrected chi connectivity index (χ1v) is 10.0. The summed E-state index contributed by atoms with van der Waals surface area (Å²) >= 11 is 0. The van der Waals surface area contributed by atoms with Gasteiger partial charge in [0.15, 0.2) is 5.96 Å². The molecule has 7 heteroatoms. The van der Waals surface area contributed by atoms with Gasteiger partial charge in [-0.05, 0) is 18.4 Å². The quantitative estimate of drug-likeness (QED) is 0.384. The van der Waals surface area contributed by atoms with Crippen molar-refractivity contribution in [3.63, 3.8) is 0 Å². The van der Waals surface area contributed by atoms with Crippen LogP contribution in [-0.2, 0) is 9.53 Å². The van der Waals surface area contributed by atoms with Crippen LogP contribution >= 0.6 is 0 Å². The van der Waals surface area contributed by atoms with Crippen LogP contribution in [0, 0.1) is 5.92 Å². The average molecular weight is 391 g/mol. The Morgan fingerprint density at radius 1 is 1.32 bits per heavy atom. The second kappa shape index (κ2) is 11.5. The van der Waals surface area contributed by atoms with E-state index in [0.717, 1.165) is 30.8 Å². The first kappa shape index (κ1) is 22.0. The maximum Gasteiger partial charge on any atom is 0.243 e. The van der Waals surface area contributed by atoms with Gasteiger partial charge >= 0.3 is 0 Å². The van der Waals surface area contributed by atoms with Gasteiger partial charge in [-0.1, -0.05) is 32.0 Å². The van der Waals surface area contributed by atoms with E-state index >= 15 is 0 Å². The fraction of sp³-hybridized carbons (Fsp3) is 0.619. The highest BCUT2D eigenvalue weighted by Gasteiger charge is 2.22. The van der Waals surface area contributed by atoms with E-state index in [1.807, 2.05) is 18.2 Å². The van der Waals surface area contributed by atoms with E-state index < -0.39 is 0 Å². The van der Waals surface area contributed by atoms with Gasteiger partial charge < -0.3 is 25.0 Å². The number of fused-ring (bicyclic) bond motifs is 1. The number of hydrogen-bond acceptors (Lipinski definition) is 4. The Balaban J connectivity index is 1.94. The monoisotopic (exact) mass is 390 g/mol. The van der Waals surface area contributed by atoms with Crippen molar-refractivity contribution >= 4 is 11.9 Å². The summed E-state index contributed by atoms with van der Waals surface area (Å²) in [6, 6.07) is 8.10. The summed E-state index contributed by atoms with van der Waals surface area (Å²) in [7, 11) is 3.46. The smallest absolute Gasteiger partial charge is 0.243 e. The molecule has 1 aromatic rings. The van der Waals surface area contributed by atoms with Crippen LogP contribution in [0.2, 0.25) is 0 Å². The van der Waals surface area contributed by atoms with Crippen LogP contribution in [0.5, 0.6) is 5.75 Å². The number of carbonyl (C=O) groups excluding carboxylic acids is 1. The third-order valence-electron chi connectivity index (χ3n) is 4.52. The minimum Gasteiger partial charge on any atom is -0.493 e. The van der Waals surface area contributed by atoms with Gasteiger partial charge in [-0.2, -0.15) is 0 Å². The van der Waals surface area contributed by atoms with Gasteiger partial charge in [0.25, 0.3) is 0 Å². The number of guanidine groups is 1. The number of para-hydroxylation sites is 1. The van der Waals surface area contributed by atoms with Crippen molar-refractivity contribution in [1.82, 2.24) is 15.5 Å². The minimum absolute atomic E-state index is 0.0401. The molecule has 0 radical (unpaired) electrons. The summed E-state index contributed by atoms with van der Waals surface area (Å²) < 4.78 is 11.4. The molecule has 1 aliphatic heterocycles. The Kier molecular flexibility index (Phi) is 9.07. The highest BCUT2D eigenvalue weighted by molar-refractivity contribution is 5.85. The molecule has 0 bridgehead atoms. The molecule has 0 saturated carbocycles. The van der Waals surface area contributed by atoms with Gasteiger partial charge in [0, 0.05) is 39.2 Å². The molecule has 1 heterocycles. The Morgan fingerprint density at radius 3 is 2.86 bits per heavy atom. The Bertz CT molecular complexity index is 646. The molecular weight excluding hydrogens is 356 g/mol. The molecule has 7 nitrogen and oxygen atoms in total. The van der Waals surface area contributed by atoms with E-state index in [1.165, 1.54) is 0 Å². The van der Waals surface area contributed by atoms with Crippen LogP contribution in [0.25, 0.3) is 0 Å². The number of hydrogen-bond donors (Lipinski definition) is 2. The molecule has 1 amide bonds. The number of benzene rings is 1. The lowest BCUT2D eigenvalue weighted by molar-refractivity contribution is -0.127. The van der Waals surface area contributed by atoms with Gasteiger partial charge in [0.05, 0.1) is 19.3 Å². The zero-order valence-electron chi connectivity index (χ0n) is 17.5. The van der Waals surface area contributed by atoms with Crippen molar-refractivity contribution in [2.24, 2.45) is 10.9 Å². The third-order valence-corrected chi connectivity index (χ3v) is 4.52. The number of amides is 1. The van der Waals surface area contributed by atoms with Gasteiger partial charge in [0.2, 0.25) is 5.91 Å². The SMILES string of the molecule is CC(C)CCOCCNC(=NCC(=O)N(C)C)NC1CCOc2ccccc21. The van der Waals surface area contributed by atoms with Crippen molar-refractivity contribution < 1.29 is 14.3 Å². The molecule has 0 saturated heterocycles. The predicted molar refractivity (Wildman–Crippen MR) is 112 cm³/mol. The van der Waals surface area contributed by atoms with Gasteiger partial charge in [0.1, 0.15) is 12.3 Å². The van der Waals surface area contributed by atoms with Crippen LogP contribution in [0.1, 0.15) is 38.3 Å². The molecule has 0 spiro atoms. The molecule has 0 fully saturated rings. The molecule has 2 rings (SSSR count). The normalized spacial score (nSPS) is 16.3. The first-order valence-electron chi connectivity index (χ1n) is 10.0. The molecule has 1 aliphatic rings. The van der Waals surface area contributed by atoms with E-state index in [1.54, 1.807) is 19.0 Å². The maximum atomic E-state index is 11.9. The van der Waals surface area contributed by atoms with E-state index in [0.29, 0.717) is 31.6 Å². The van der Waals surface area contributed by atoms with Gasteiger partial charge in [-0.3, -0.25) is 4.79 Å². The summed E-state index contributed by atoms with van der Waals surface area (Å²) in [5.41, 5.74) is 1.11. The standard InChI is InChI=1S/C21H34N4O3/c1-16(2)9-12-27-14-11-22-21(23-15-20(26)25(3)4)24-18-10-13-28-19-8-6-5-7-17(18)19/h5-8,16,18H,9-15H2,1-4H3,(H2,22,23,24). The predicted octanol–water partition coefficient (Wildman–Crippen LogP) is 2.20. The maximum absolute atomic E-state index is 11.9. The lowest BCUT2D eigenvalue weighted by Crippen LogP contribution is -2.43. The van der Waals surface area contributed by atoms with Crippen molar-refractivity contribution in [1.29, 1.82) is 0 Å². The molecule has 28 heavy (non-hydrogen) atoms. The minimum atomic E-state index is -0.0401. The molecule has 0 aromatic heterocycles. The molecule has 2 N–H and O–H groups in total. The van der Waals surface area contributed by atoms with E-state index in [-0.39, 0.29) is 18.5 Å². The highest BCUT2D eigenvalue weighted by atomic mass is 16.5. The third kappa shape index (κ3) is 7.38. The lowest BCUT2D eigenvalue weighted by Gasteiger charge is -2.28. The topological polar surface area (TPSA) is 75.2 Å². The summed E-state index contributed by atoms with van der Waals surface area (Å²) in [6.45, 7) is 7.10. The number of ether oxygens (including phenoxy) is 2. The van der Waals surface area contributed by atoms with E-state index in [2.05, 4.69) is 35.5 Å². The summed E-state index contributed by atoms with van der Waals surface area (Å²) in [5, 5.41) is 6.73. The molecule has 1 aromatic carbocycles. The van der Waals surface area contributed by atoms with Gasteiger partial charge in [-0.15, -0.1) is 0 Å². The Labute approximate surface area is 168 Å². The number of carbonyl (C=O) groups is 1. The number of likely N-dealkylation sites (N-methyl/N-ethyl adjacent to an activating group) is 1. The number of nitrogens with one attached hydrogen (secondary N) is 2. The summed E-state index contributed by atoms with van der Waals surface area (Å²) in [6.07, 6.45) is 1.89. The summed E-state index contributed by atoms with van der Waals surface area (Å²) in [5.74, 6) is 2.11. The van der Waals surface area contributed by atoms with Crippen molar-refractivity contribution in [3.8, 4) is 5.75 Å². The van der Waals surface area contributed by atoms with Crippen LogP contribution in [0.15, 0.2) is 29.3 Å². The second-order valence-electron chi connectivity index (χ2n) is 7.55. The largest absolute Gasteiger partial charge is 0.493 e. The Hall–Kier alpha value is -2.28. The second-order valence-corrected chi connectivity index (χ2v) is 7.55. The Morgan fingerprint density at radius 2 is 2.11 bits per heavy atom. The fourth-order valence-electron chi connectivity index (χ4n) is 2.76. The average Bonchev–Trinajstić information content (AvgIpc) is 2.68. The van der Waals surface area contributed by atoms with E-state index in [4.69, 9.17) is 9.47 Å². The van der Waals surface area contributed by atoms with Crippen molar-refractivity contribution in [2.75, 3.05) is 47.0 Å². The van der Waals surface area contributed by atoms with Crippen LogP contribution in [0.3, 0.4) is 0 Å². The van der Waals surface area contributed by atoms with Gasteiger partial charge in [-0.25, -0.2) is 4.99 Å². The number of nitrogens with zero attached hydrogens (tertiary/aromatic N) is 2. The molecule has 0 aliphatic carbocycles. The van der Waals surface area contributed by atoms with Crippen LogP contribution in [-0.4, -0.2) is 63.8 Å². The van der Waals surface area contributed by atoms with Crippen LogP contribution in [0.4, 0.5) is 0 Å². The number of aliphatic imine (C=N–C) groups is 1. The molecule has 156 valence electrons. The molecule has 1 unspecified atom stereocenters. The van der Waals surface area contributed by atoms with E-state index in [9.17, 15) is 4.79 Å². The summed E-state index contributed by atoms with van der Waals surface area (Å²) in [4.78, 5) is 17.9. The zero-order valence-corrected chi connectivity index (χ0v) is 17.5. The first-order chi connectivity index (χ1) is 13.5. The zero-order chi connectivity index (χ0) is 20.4. The molecular formula is C21H34N4O3. The highest BCUT2D eigenvalue weighted by Crippen LogP contribution is 2.31. The number of rotatable bonds is 9.